The number of hydrogen-bond acceptors (Lipinski definition) is 7. The molecule has 3 aromatic rings. The number of urea groups is 1. The summed E-state index contributed by atoms with van der Waals surface area (Å²) in [4.78, 5) is 25.7. The van der Waals surface area contributed by atoms with E-state index in [1.165, 1.54) is 29.3 Å². The SMILES string of the molecule is O=C(Nc1ccc(OC[C@H](O)CO)nc1)N1c2nc(-c3cccc(C(F)(F)F)c3)c(Cl)cc2N2CC[C@H]1C2. The zero-order valence-electron chi connectivity index (χ0n) is 19.8. The maximum Gasteiger partial charge on any atom is 0.416 e. The number of halogens is 4. The van der Waals surface area contributed by atoms with Crippen LogP contribution < -0.4 is 19.9 Å². The van der Waals surface area contributed by atoms with Gasteiger partial charge < -0.3 is 25.2 Å². The van der Waals surface area contributed by atoms with E-state index in [2.05, 4.69) is 15.3 Å². The third-order valence-corrected chi connectivity index (χ3v) is 6.63. The zero-order chi connectivity index (χ0) is 27.0. The molecule has 9 nitrogen and oxygen atoms in total. The normalized spacial score (nSPS) is 17.3. The standard InChI is InChI=1S/C25H23ClF3N5O4/c26-19-9-20-23(32-22(19)14-2-1-3-15(8-14)25(27,28)29)34(17-6-7-33(20)11-17)24(37)31-16-4-5-21(30-10-16)38-13-18(36)12-35/h1-5,8-10,17-18,35-36H,6-7,11-13H2,(H,31,37)/t17-,18+/m0/s1. The highest BCUT2D eigenvalue weighted by Gasteiger charge is 2.41. The number of carbonyl (C=O) groups is 1. The van der Waals surface area contributed by atoms with Gasteiger partial charge in [-0.15, -0.1) is 0 Å². The number of fused-ring (bicyclic) bond motifs is 4. The summed E-state index contributed by atoms with van der Waals surface area (Å²) in [6.45, 7) is 0.661. The Hall–Kier alpha value is -3.61. The molecule has 0 saturated carbocycles. The summed E-state index contributed by atoms with van der Waals surface area (Å²) in [5.41, 5.74) is 0.505. The molecule has 3 N–H and O–H groups in total. The van der Waals surface area contributed by atoms with Gasteiger partial charge in [-0.1, -0.05) is 23.7 Å². The molecule has 2 aromatic heterocycles. The Bertz CT molecular complexity index is 1340. The molecule has 2 amide bonds. The van der Waals surface area contributed by atoms with Crippen LogP contribution in [-0.4, -0.2) is 64.7 Å². The highest BCUT2D eigenvalue weighted by molar-refractivity contribution is 6.33. The van der Waals surface area contributed by atoms with E-state index in [-0.39, 0.29) is 34.8 Å². The molecular formula is C25H23ClF3N5O4. The molecule has 1 aromatic carbocycles. The summed E-state index contributed by atoms with van der Waals surface area (Å²) < 4.78 is 45.2. The maximum atomic E-state index is 13.4. The lowest BCUT2D eigenvalue weighted by molar-refractivity contribution is -0.137. The van der Waals surface area contributed by atoms with Gasteiger partial charge in [-0.25, -0.2) is 14.8 Å². The predicted octanol–water partition coefficient (Wildman–Crippen LogP) is 4.18. The number of alkyl halides is 3. The van der Waals surface area contributed by atoms with Crippen molar-refractivity contribution in [1.29, 1.82) is 0 Å². The Kier molecular flexibility index (Phi) is 7.03. The molecule has 2 atom stereocenters. The molecule has 38 heavy (non-hydrogen) atoms. The second kappa shape index (κ2) is 10.3. The minimum Gasteiger partial charge on any atom is -0.475 e. The van der Waals surface area contributed by atoms with E-state index in [1.54, 1.807) is 12.1 Å². The number of nitrogens with one attached hydrogen (secondary N) is 1. The van der Waals surface area contributed by atoms with Crippen LogP contribution in [0, 0.1) is 0 Å². The molecular weight excluding hydrogens is 527 g/mol. The first-order valence-electron chi connectivity index (χ1n) is 11.7. The monoisotopic (exact) mass is 549 g/mol. The van der Waals surface area contributed by atoms with Crippen LogP contribution in [0.1, 0.15) is 12.0 Å². The van der Waals surface area contributed by atoms with Gasteiger partial charge in [0.2, 0.25) is 5.88 Å². The molecule has 0 aliphatic carbocycles. The van der Waals surface area contributed by atoms with Gasteiger partial charge in [-0.05, 0) is 30.7 Å². The number of benzene rings is 1. The zero-order valence-corrected chi connectivity index (χ0v) is 20.6. The topological polar surface area (TPSA) is 111 Å². The van der Waals surface area contributed by atoms with Crippen molar-refractivity contribution in [2.75, 3.05) is 41.4 Å². The number of aliphatic hydroxyl groups is 2. The molecule has 2 aliphatic rings. The summed E-state index contributed by atoms with van der Waals surface area (Å²) >= 11 is 6.49. The first kappa shape index (κ1) is 26.0. The number of aromatic nitrogens is 2. The average Bonchev–Trinajstić information content (AvgIpc) is 3.32. The van der Waals surface area contributed by atoms with E-state index in [1.807, 2.05) is 4.90 Å². The summed E-state index contributed by atoms with van der Waals surface area (Å²) in [6, 6.07) is 8.78. The predicted molar refractivity (Wildman–Crippen MR) is 135 cm³/mol. The minimum atomic E-state index is -4.53. The molecule has 2 bridgehead atoms. The van der Waals surface area contributed by atoms with Crippen LogP contribution >= 0.6 is 11.6 Å². The Morgan fingerprint density at radius 3 is 2.79 bits per heavy atom. The van der Waals surface area contributed by atoms with Crippen molar-refractivity contribution in [3.63, 3.8) is 0 Å². The number of rotatable bonds is 6. The van der Waals surface area contributed by atoms with E-state index in [0.29, 0.717) is 36.7 Å². The Morgan fingerprint density at radius 2 is 2.08 bits per heavy atom. The van der Waals surface area contributed by atoms with Gasteiger partial charge in [0.1, 0.15) is 12.7 Å². The van der Waals surface area contributed by atoms with Crippen molar-refractivity contribution in [2.24, 2.45) is 0 Å². The van der Waals surface area contributed by atoms with Crippen LogP contribution in [0.4, 0.5) is 35.2 Å². The van der Waals surface area contributed by atoms with E-state index >= 15 is 0 Å². The fourth-order valence-electron chi connectivity index (χ4n) is 4.49. The average molecular weight is 550 g/mol. The maximum absolute atomic E-state index is 13.4. The molecule has 1 saturated heterocycles. The third kappa shape index (κ3) is 5.19. The van der Waals surface area contributed by atoms with E-state index < -0.39 is 30.5 Å². The van der Waals surface area contributed by atoms with Crippen molar-refractivity contribution in [3.8, 4) is 17.1 Å². The Labute approximate surface area is 220 Å². The van der Waals surface area contributed by atoms with Crippen LogP contribution in [-0.2, 0) is 6.18 Å². The fraction of sp³-hybridized carbons (Fsp3) is 0.320. The summed E-state index contributed by atoms with van der Waals surface area (Å²) in [6.07, 6.45) is -3.50. The van der Waals surface area contributed by atoms with Gasteiger partial charge in [0.15, 0.2) is 5.82 Å². The largest absolute Gasteiger partial charge is 0.475 e. The van der Waals surface area contributed by atoms with Crippen LogP contribution in [0.5, 0.6) is 5.88 Å². The number of anilines is 3. The molecule has 0 unspecified atom stereocenters. The second-order valence-electron chi connectivity index (χ2n) is 8.96. The summed E-state index contributed by atoms with van der Waals surface area (Å²) in [5, 5.41) is 21.2. The number of ether oxygens (including phenoxy) is 1. The number of pyridine rings is 2. The third-order valence-electron chi connectivity index (χ3n) is 6.34. The van der Waals surface area contributed by atoms with E-state index in [4.69, 9.17) is 21.4 Å². The molecule has 4 heterocycles. The highest BCUT2D eigenvalue weighted by Crippen LogP contribution is 2.43. The number of nitrogens with zero attached hydrogens (tertiary/aromatic N) is 4. The molecule has 1 fully saturated rings. The summed E-state index contributed by atoms with van der Waals surface area (Å²) in [7, 11) is 0. The molecule has 13 heteroatoms. The number of amides is 2. The van der Waals surface area contributed by atoms with Crippen molar-refractivity contribution in [3.05, 3.63) is 59.2 Å². The second-order valence-corrected chi connectivity index (χ2v) is 9.37. The molecule has 2 aliphatic heterocycles. The summed E-state index contributed by atoms with van der Waals surface area (Å²) in [5.74, 6) is 0.506. The molecule has 5 rings (SSSR count). The molecule has 200 valence electrons. The van der Waals surface area contributed by atoms with Gasteiger partial charge in [0, 0.05) is 24.7 Å². The smallest absolute Gasteiger partial charge is 0.416 e. The van der Waals surface area contributed by atoms with Crippen molar-refractivity contribution in [1.82, 2.24) is 9.97 Å². The first-order valence-corrected chi connectivity index (χ1v) is 12.1. The van der Waals surface area contributed by atoms with Crippen LogP contribution in [0.3, 0.4) is 0 Å². The number of carbonyl (C=O) groups excluding carboxylic acids is 1. The van der Waals surface area contributed by atoms with Crippen LogP contribution in [0.25, 0.3) is 11.3 Å². The van der Waals surface area contributed by atoms with Gasteiger partial charge in [0.05, 0.1) is 46.5 Å². The Morgan fingerprint density at radius 1 is 1.26 bits per heavy atom. The lowest BCUT2D eigenvalue weighted by Gasteiger charge is -2.36. The lowest BCUT2D eigenvalue weighted by atomic mass is 10.1. The van der Waals surface area contributed by atoms with Crippen molar-refractivity contribution >= 4 is 34.8 Å². The lowest BCUT2D eigenvalue weighted by Crippen LogP contribution is -2.48. The van der Waals surface area contributed by atoms with Gasteiger partial charge >= 0.3 is 12.2 Å². The molecule has 0 radical (unpaired) electrons. The van der Waals surface area contributed by atoms with Gasteiger partial charge in [-0.3, -0.25) is 4.90 Å². The fourth-order valence-corrected chi connectivity index (χ4v) is 4.74. The number of aliphatic hydroxyl groups excluding tert-OH is 2. The number of hydrogen-bond donors (Lipinski definition) is 3. The highest BCUT2D eigenvalue weighted by atomic mass is 35.5. The Balaban J connectivity index is 1.43. The van der Waals surface area contributed by atoms with Crippen LogP contribution in [0.15, 0.2) is 48.7 Å². The quantitative estimate of drug-likeness (QED) is 0.423. The minimum absolute atomic E-state index is 0.139. The van der Waals surface area contributed by atoms with Gasteiger partial charge in [0.25, 0.3) is 0 Å². The first-order chi connectivity index (χ1) is 18.1. The van der Waals surface area contributed by atoms with Crippen molar-refractivity contribution in [2.45, 2.75) is 24.7 Å². The van der Waals surface area contributed by atoms with E-state index in [9.17, 15) is 23.1 Å². The van der Waals surface area contributed by atoms with Gasteiger partial charge in [-0.2, -0.15) is 13.2 Å². The van der Waals surface area contributed by atoms with E-state index in [0.717, 1.165) is 12.1 Å². The van der Waals surface area contributed by atoms with Crippen LogP contribution in [0.2, 0.25) is 5.02 Å². The van der Waals surface area contributed by atoms with Crippen molar-refractivity contribution < 1.29 is 32.9 Å². The molecule has 0 spiro atoms.